The van der Waals surface area contributed by atoms with Crippen molar-refractivity contribution in [2.24, 2.45) is 0 Å². The second kappa shape index (κ2) is 8.77. The van der Waals surface area contributed by atoms with Gasteiger partial charge in [-0.2, -0.15) is 0 Å². The van der Waals surface area contributed by atoms with Gasteiger partial charge in [0.1, 0.15) is 0 Å². The lowest BCUT2D eigenvalue weighted by molar-refractivity contribution is -0.141. The number of hydrogen-bond donors (Lipinski definition) is 1. The molecule has 0 atom stereocenters. The summed E-state index contributed by atoms with van der Waals surface area (Å²) in [5.74, 6) is -1.13. The van der Waals surface area contributed by atoms with E-state index in [1.54, 1.807) is 0 Å². The van der Waals surface area contributed by atoms with Gasteiger partial charge in [0.15, 0.2) is 0 Å². The third-order valence-electron chi connectivity index (χ3n) is 0.875. The van der Waals surface area contributed by atoms with Gasteiger partial charge in [-0.15, -0.1) is 0 Å². The molecule has 0 spiro atoms. The molecule has 0 amide bonds. The van der Waals surface area contributed by atoms with E-state index in [4.69, 9.17) is 5.11 Å². The molecule has 0 aromatic heterocycles. The zero-order valence-corrected chi connectivity index (χ0v) is 8.29. The van der Waals surface area contributed by atoms with E-state index >= 15 is 0 Å². The van der Waals surface area contributed by atoms with Crippen molar-refractivity contribution in [2.75, 3.05) is 6.61 Å². The molecule has 1 N–H and O–H groups in total. The molecule has 76 valence electrons. The highest BCUT2D eigenvalue weighted by molar-refractivity contribution is 5.84. The summed E-state index contributed by atoms with van der Waals surface area (Å²) in [5.41, 5.74) is 0.176. The first-order valence-electron chi connectivity index (χ1n) is 3.94. The lowest BCUT2D eigenvalue weighted by Gasteiger charge is -1.93. The smallest absolute Gasteiger partial charge is 0.330 e. The van der Waals surface area contributed by atoms with E-state index < -0.39 is 5.97 Å². The Labute approximate surface area is 78.2 Å². The predicted molar refractivity (Wildman–Crippen MR) is 49.4 cm³/mol. The van der Waals surface area contributed by atoms with E-state index in [0.29, 0.717) is 6.61 Å². The Hall–Kier alpha value is -1.32. The largest absolute Gasteiger partial charge is 0.478 e. The fraction of sp³-hybridized carbons (Fsp3) is 0.556. The molecule has 0 aliphatic heterocycles. The van der Waals surface area contributed by atoms with Gasteiger partial charge in [-0.1, -0.05) is 13.5 Å². The summed E-state index contributed by atoms with van der Waals surface area (Å²) >= 11 is 0. The third kappa shape index (κ3) is 18.0. The van der Waals surface area contributed by atoms with Gasteiger partial charge in [-0.3, -0.25) is 4.79 Å². The van der Waals surface area contributed by atoms with E-state index in [1.807, 2.05) is 6.92 Å². The molecule has 0 aliphatic rings. The van der Waals surface area contributed by atoms with Gasteiger partial charge in [0.25, 0.3) is 0 Å². The van der Waals surface area contributed by atoms with Crippen LogP contribution in [0.5, 0.6) is 0 Å². The molecule has 0 heterocycles. The number of carbonyl (C=O) groups excluding carboxylic acids is 1. The molecule has 0 aromatic carbocycles. The van der Waals surface area contributed by atoms with Crippen LogP contribution >= 0.6 is 0 Å². The Kier molecular flexibility index (Phi) is 9.60. The van der Waals surface area contributed by atoms with Crippen LogP contribution in [0.1, 0.15) is 27.2 Å². The SMILES string of the molecule is C=C(C)C(=O)O.CCCOC(C)=O. The fourth-order valence-electron chi connectivity index (χ4n) is 0.246. The van der Waals surface area contributed by atoms with Crippen LogP contribution in [0.15, 0.2) is 12.2 Å². The van der Waals surface area contributed by atoms with E-state index in [0.717, 1.165) is 6.42 Å². The quantitative estimate of drug-likeness (QED) is 0.539. The first-order valence-corrected chi connectivity index (χ1v) is 3.94. The molecule has 0 saturated heterocycles. The highest BCUT2D eigenvalue weighted by atomic mass is 16.5. The van der Waals surface area contributed by atoms with Gasteiger partial charge in [0, 0.05) is 12.5 Å². The lowest BCUT2D eigenvalue weighted by atomic mass is 10.4. The van der Waals surface area contributed by atoms with Crippen molar-refractivity contribution in [2.45, 2.75) is 27.2 Å². The molecule has 0 aromatic rings. The molecule has 4 heteroatoms. The van der Waals surface area contributed by atoms with E-state index in [-0.39, 0.29) is 11.5 Å². The number of carbonyl (C=O) groups is 2. The number of ether oxygens (including phenoxy) is 1. The monoisotopic (exact) mass is 188 g/mol. The third-order valence-corrected chi connectivity index (χ3v) is 0.875. The maximum Gasteiger partial charge on any atom is 0.330 e. The minimum Gasteiger partial charge on any atom is -0.478 e. The zero-order chi connectivity index (χ0) is 10.9. The fourth-order valence-corrected chi connectivity index (χ4v) is 0.246. The van der Waals surface area contributed by atoms with Crippen molar-refractivity contribution in [3.05, 3.63) is 12.2 Å². The van der Waals surface area contributed by atoms with Crippen molar-refractivity contribution in [1.82, 2.24) is 0 Å². The van der Waals surface area contributed by atoms with Crippen molar-refractivity contribution < 1.29 is 19.4 Å². The average Bonchev–Trinajstić information content (AvgIpc) is 2.01. The molecule has 13 heavy (non-hydrogen) atoms. The second-order valence-electron chi connectivity index (χ2n) is 2.43. The molecule has 0 fully saturated rings. The molecule has 0 aliphatic carbocycles. The van der Waals surface area contributed by atoms with Gasteiger partial charge >= 0.3 is 11.9 Å². The van der Waals surface area contributed by atoms with Gasteiger partial charge in [0.05, 0.1) is 6.61 Å². The van der Waals surface area contributed by atoms with Crippen LogP contribution in [0.25, 0.3) is 0 Å². The first kappa shape index (κ1) is 14.2. The van der Waals surface area contributed by atoms with Crippen LogP contribution in [0.4, 0.5) is 0 Å². The summed E-state index contributed by atoms with van der Waals surface area (Å²) in [7, 11) is 0. The molecule has 0 unspecified atom stereocenters. The van der Waals surface area contributed by atoms with Crippen LogP contribution in [0.3, 0.4) is 0 Å². The Bertz CT molecular complexity index is 172. The van der Waals surface area contributed by atoms with E-state index in [1.165, 1.54) is 13.8 Å². The van der Waals surface area contributed by atoms with Crippen molar-refractivity contribution in [1.29, 1.82) is 0 Å². The van der Waals surface area contributed by atoms with Crippen LogP contribution in [0, 0.1) is 0 Å². The molecular formula is C9H16O4. The minimum absolute atomic E-state index is 0.176. The van der Waals surface area contributed by atoms with Gasteiger partial charge in [-0.05, 0) is 13.3 Å². The highest BCUT2D eigenvalue weighted by Crippen LogP contribution is 1.81. The van der Waals surface area contributed by atoms with Crippen LogP contribution in [-0.2, 0) is 14.3 Å². The second-order valence-corrected chi connectivity index (χ2v) is 2.43. The molecule has 0 radical (unpaired) electrons. The molecule has 0 rings (SSSR count). The van der Waals surface area contributed by atoms with Gasteiger partial charge in [0.2, 0.25) is 0 Å². The van der Waals surface area contributed by atoms with Crippen LogP contribution in [0.2, 0.25) is 0 Å². The first-order chi connectivity index (χ1) is 5.91. The number of hydrogen-bond acceptors (Lipinski definition) is 3. The highest BCUT2D eigenvalue weighted by Gasteiger charge is 1.90. The topological polar surface area (TPSA) is 63.6 Å². The van der Waals surface area contributed by atoms with E-state index in [2.05, 4.69) is 11.3 Å². The lowest BCUT2D eigenvalue weighted by Crippen LogP contribution is -1.98. The Balaban J connectivity index is 0. The molecular weight excluding hydrogens is 172 g/mol. The summed E-state index contributed by atoms with van der Waals surface area (Å²) in [6, 6.07) is 0. The van der Waals surface area contributed by atoms with Crippen LogP contribution in [-0.4, -0.2) is 23.7 Å². The Morgan fingerprint density at radius 1 is 1.38 bits per heavy atom. The van der Waals surface area contributed by atoms with Crippen molar-refractivity contribution in [3.8, 4) is 0 Å². The number of carboxylic acid groups (broad SMARTS) is 1. The molecule has 0 bridgehead atoms. The Morgan fingerprint density at radius 2 is 1.77 bits per heavy atom. The summed E-state index contributed by atoms with van der Waals surface area (Å²) in [6.45, 7) is 8.53. The van der Waals surface area contributed by atoms with Crippen LogP contribution < -0.4 is 0 Å². The summed E-state index contributed by atoms with van der Waals surface area (Å²) < 4.78 is 4.55. The molecule has 0 saturated carbocycles. The van der Waals surface area contributed by atoms with Gasteiger partial charge in [-0.25, -0.2) is 4.79 Å². The van der Waals surface area contributed by atoms with E-state index in [9.17, 15) is 9.59 Å². The predicted octanol–water partition coefficient (Wildman–Crippen LogP) is 1.61. The van der Waals surface area contributed by atoms with Gasteiger partial charge < -0.3 is 9.84 Å². The number of rotatable bonds is 3. The summed E-state index contributed by atoms with van der Waals surface area (Å²) in [4.78, 5) is 19.6. The maximum absolute atomic E-state index is 9.98. The number of carboxylic acids is 1. The molecule has 4 nitrogen and oxygen atoms in total. The number of aliphatic carboxylic acids is 1. The zero-order valence-electron chi connectivity index (χ0n) is 8.29. The van der Waals surface area contributed by atoms with Crippen molar-refractivity contribution in [3.63, 3.8) is 0 Å². The minimum atomic E-state index is -0.935. The number of esters is 1. The standard InChI is InChI=1S/C5H10O2.C4H6O2/c1-3-4-7-5(2)6;1-3(2)4(5)6/h3-4H2,1-2H3;1H2,2H3,(H,5,6). The average molecular weight is 188 g/mol. The van der Waals surface area contributed by atoms with Crippen molar-refractivity contribution >= 4 is 11.9 Å². The summed E-state index contributed by atoms with van der Waals surface area (Å²) in [5, 5.41) is 7.89. The maximum atomic E-state index is 9.98. The Morgan fingerprint density at radius 3 is 1.85 bits per heavy atom. The normalized spacial score (nSPS) is 7.92. The summed E-state index contributed by atoms with van der Waals surface area (Å²) in [6.07, 6.45) is 0.902.